The predicted octanol–water partition coefficient (Wildman–Crippen LogP) is 2.85. The van der Waals surface area contributed by atoms with Gasteiger partial charge in [0.25, 0.3) is 6.43 Å². The Hall–Kier alpha value is -3.45. The van der Waals surface area contributed by atoms with E-state index in [1.54, 1.807) is 29.9 Å². The second kappa shape index (κ2) is 10.3. The van der Waals surface area contributed by atoms with Crippen molar-refractivity contribution in [3.05, 3.63) is 30.7 Å². The van der Waals surface area contributed by atoms with Gasteiger partial charge in [-0.3, -0.25) is 4.90 Å². The number of pyridine rings is 1. The second-order valence-corrected chi connectivity index (χ2v) is 8.84. The van der Waals surface area contributed by atoms with Gasteiger partial charge in [0.2, 0.25) is 5.95 Å². The van der Waals surface area contributed by atoms with Crippen molar-refractivity contribution in [1.29, 1.82) is 0 Å². The van der Waals surface area contributed by atoms with Crippen molar-refractivity contribution in [3.63, 3.8) is 0 Å². The third kappa shape index (κ3) is 4.93. The zero-order valence-corrected chi connectivity index (χ0v) is 19.8. The lowest BCUT2D eigenvalue weighted by molar-refractivity contribution is -0.0780. The molecule has 0 aromatic carbocycles. The number of hydrogen-bond donors (Lipinski definition) is 2. The van der Waals surface area contributed by atoms with E-state index >= 15 is 0 Å². The first-order valence-corrected chi connectivity index (χ1v) is 11.8. The molecule has 36 heavy (non-hydrogen) atoms. The van der Waals surface area contributed by atoms with Crippen LogP contribution in [-0.2, 0) is 11.3 Å². The number of likely N-dealkylation sites (tertiary alicyclic amines) is 1. The summed E-state index contributed by atoms with van der Waals surface area (Å²) in [6, 6.07) is 5.88. The summed E-state index contributed by atoms with van der Waals surface area (Å²) < 4.78 is 46.3. The molecule has 10 nitrogen and oxygen atoms in total. The molecule has 2 aliphatic rings. The number of piperidine rings is 1. The number of ether oxygens (including phenoxy) is 1. The quantitative estimate of drug-likeness (QED) is 0.428. The molecular formula is C23H28F3N9O. The van der Waals surface area contributed by atoms with Crippen molar-refractivity contribution in [2.45, 2.75) is 38.0 Å². The highest BCUT2D eigenvalue weighted by Gasteiger charge is 2.30. The molecule has 0 amide bonds. The van der Waals surface area contributed by atoms with Crippen molar-refractivity contribution >= 4 is 28.4 Å². The lowest BCUT2D eigenvalue weighted by Gasteiger charge is -2.40. The standard InChI is InChI=1S/C15H14F2N8.C8H14FNO/c1-19-13-12-8(4-5-25(12)23-15(18)22-13)9-2-3-10-14(21-9)24(7-20-10)6-11(16)17;9-7-2-1-3-10(4-7)8-5-11-6-8/h2-5,7,11H,6H2,1H3,(H3,18,19,22,23);7-8H,1-6H2/t;7-/m.1/s1. The highest BCUT2D eigenvalue weighted by atomic mass is 19.3. The van der Waals surface area contributed by atoms with Gasteiger partial charge in [-0.1, -0.05) is 0 Å². The third-order valence-corrected chi connectivity index (χ3v) is 6.37. The smallest absolute Gasteiger partial charge is 0.256 e. The molecule has 3 N–H and O–H groups in total. The Morgan fingerprint density at radius 3 is 2.75 bits per heavy atom. The number of nitrogen functional groups attached to an aromatic ring is 1. The summed E-state index contributed by atoms with van der Waals surface area (Å²) in [5, 5.41) is 7.12. The van der Waals surface area contributed by atoms with Gasteiger partial charge in [0.05, 0.1) is 37.8 Å². The molecule has 6 rings (SSSR count). The number of anilines is 2. The van der Waals surface area contributed by atoms with E-state index in [1.165, 1.54) is 10.9 Å². The first-order valence-electron chi connectivity index (χ1n) is 11.8. The van der Waals surface area contributed by atoms with E-state index in [0.717, 1.165) is 38.2 Å². The number of alkyl halides is 3. The van der Waals surface area contributed by atoms with E-state index in [-0.39, 0.29) is 5.95 Å². The Kier molecular flexibility index (Phi) is 6.92. The highest BCUT2D eigenvalue weighted by Crippen LogP contribution is 2.29. The van der Waals surface area contributed by atoms with Crippen molar-refractivity contribution in [3.8, 4) is 11.3 Å². The molecule has 0 spiro atoms. The maximum Gasteiger partial charge on any atom is 0.256 e. The summed E-state index contributed by atoms with van der Waals surface area (Å²) >= 11 is 0. The molecule has 2 aliphatic heterocycles. The van der Waals surface area contributed by atoms with E-state index in [4.69, 9.17) is 10.5 Å². The average molecular weight is 504 g/mol. The van der Waals surface area contributed by atoms with E-state index in [1.807, 2.05) is 6.07 Å². The minimum atomic E-state index is -2.48. The summed E-state index contributed by atoms with van der Waals surface area (Å²) in [4.78, 5) is 15.0. The van der Waals surface area contributed by atoms with Gasteiger partial charge in [-0.05, 0) is 37.6 Å². The number of rotatable bonds is 5. The van der Waals surface area contributed by atoms with Crippen LogP contribution in [0.25, 0.3) is 27.9 Å². The molecule has 0 saturated carbocycles. The number of nitrogens with two attached hydrogens (primary N) is 1. The van der Waals surface area contributed by atoms with E-state index in [0.29, 0.717) is 40.8 Å². The van der Waals surface area contributed by atoms with Crippen LogP contribution < -0.4 is 11.1 Å². The van der Waals surface area contributed by atoms with Crippen molar-refractivity contribution in [1.82, 2.24) is 34.0 Å². The number of nitrogens with one attached hydrogen (secondary N) is 1. The molecule has 6 heterocycles. The molecule has 192 valence electrons. The van der Waals surface area contributed by atoms with Crippen LogP contribution >= 0.6 is 0 Å². The number of fused-ring (bicyclic) bond motifs is 2. The summed E-state index contributed by atoms with van der Waals surface area (Å²) in [6.45, 7) is 2.87. The molecule has 4 aromatic rings. The number of imidazole rings is 1. The molecule has 2 fully saturated rings. The van der Waals surface area contributed by atoms with Gasteiger partial charge >= 0.3 is 0 Å². The molecule has 13 heteroatoms. The molecule has 0 aliphatic carbocycles. The zero-order chi connectivity index (χ0) is 25.2. The van der Waals surface area contributed by atoms with Gasteiger partial charge in [-0.25, -0.2) is 27.7 Å². The van der Waals surface area contributed by atoms with Crippen LogP contribution in [0.3, 0.4) is 0 Å². The number of halogens is 3. The lowest BCUT2D eigenvalue weighted by Crippen LogP contribution is -2.52. The van der Waals surface area contributed by atoms with Gasteiger partial charge in [-0.15, -0.1) is 5.10 Å². The summed E-state index contributed by atoms with van der Waals surface area (Å²) in [6.07, 6.45) is 1.80. The van der Waals surface area contributed by atoms with Crippen molar-refractivity contribution in [2.75, 3.05) is 44.4 Å². The second-order valence-electron chi connectivity index (χ2n) is 8.84. The minimum Gasteiger partial charge on any atom is -0.378 e. The summed E-state index contributed by atoms with van der Waals surface area (Å²) in [7, 11) is 1.73. The van der Waals surface area contributed by atoms with Crippen LogP contribution in [0.15, 0.2) is 30.7 Å². The highest BCUT2D eigenvalue weighted by molar-refractivity contribution is 5.89. The minimum absolute atomic E-state index is 0.137. The maximum absolute atomic E-state index is 12.9. The number of aromatic nitrogens is 6. The first-order chi connectivity index (χ1) is 17.4. The molecule has 0 unspecified atom stereocenters. The van der Waals surface area contributed by atoms with Crippen LogP contribution in [-0.4, -0.2) is 86.0 Å². The normalized spacial score (nSPS) is 18.9. The van der Waals surface area contributed by atoms with E-state index in [2.05, 4.69) is 30.3 Å². The molecule has 4 aromatic heterocycles. The Morgan fingerprint density at radius 2 is 2.06 bits per heavy atom. The fourth-order valence-corrected chi connectivity index (χ4v) is 4.51. The van der Waals surface area contributed by atoms with Gasteiger partial charge in [0, 0.05) is 25.4 Å². The monoisotopic (exact) mass is 503 g/mol. The maximum atomic E-state index is 12.9. The van der Waals surface area contributed by atoms with E-state index in [9.17, 15) is 13.2 Å². The largest absolute Gasteiger partial charge is 0.378 e. The third-order valence-electron chi connectivity index (χ3n) is 6.37. The predicted molar refractivity (Wildman–Crippen MR) is 130 cm³/mol. The fraction of sp³-hybridized carbons (Fsp3) is 0.478. The van der Waals surface area contributed by atoms with Crippen molar-refractivity contribution < 1.29 is 17.9 Å². The van der Waals surface area contributed by atoms with Crippen LogP contribution in [0.1, 0.15) is 12.8 Å². The Balaban J connectivity index is 0.000000202. The molecule has 0 bridgehead atoms. The number of nitrogens with zero attached hydrogens (tertiary/aromatic N) is 7. The fourth-order valence-electron chi connectivity index (χ4n) is 4.51. The SMILES string of the molecule is CNc1nc(N)nn2ccc(-c3ccc4ncn(CC(F)F)c4n3)c12.F[C@@H]1CCCN(C2COC2)C1. The Bertz CT molecular complexity index is 1340. The lowest BCUT2D eigenvalue weighted by atomic mass is 10.1. The van der Waals surface area contributed by atoms with Crippen LogP contribution in [0.5, 0.6) is 0 Å². The van der Waals surface area contributed by atoms with Gasteiger partial charge in [-0.2, -0.15) is 4.98 Å². The van der Waals surface area contributed by atoms with Gasteiger partial charge < -0.3 is 20.4 Å². The summed E-state index contributed by atoms with van der Waals surface area (Å²) in [5.74, 6) is 0.688. The number of hydrogen-bond acceptors (Lipinski definition) is 8. The topological polar surface area (TPSA) is 111 Å². The van der Waals surface area contributed by atoms with E-state index < -0.39 is 19.1 Å². The first kappa shape index (κ1) is 24.3. The molecule has 2 saturated heterocycles. The molecule has 0 radical (unpaired) electrons. The Morgan fingerprint density at radius 1 is 1.22 bits per heavy atom. The van der Waals surface area contributed by atoms with Crippen molar-refractivity contribution in [2.24, 2.45) is 0 Å². The van der Waals surface area contributed by atoms with Gasteiger partial charge in [0.15, 0.2) is 11.5 Å². The molecular weight excluding hydrogens is 475 g/mol. The zero-order valence-electron chi connectivity index (χ0n) is 19.8. The molecule has 1 atom stereocenters. The summed E-state index contributed by atoms with van der Waals surface area (Å²) in [5.41, 5.74) is 8.72. The van der Waals surface area contributed by atoms with Crippen LogP contribution in [0.2, 0.25) is 0 Å². The van der Waals surface area contributed by atoms with Crippen LogP contribution in [0.4, 0.5) is 24.9 Å². The Labute approximate surface area is 205 Å². The van der Waals surface area contributed by atoms with Crippen LogP contribution in [0, 0.1) is 0 Å². The average Bonchev–Trinajstić information content (AvgIpc) is 3.41. The van der Waals surface area contributed by atoms with Gasteiger partial charge in [0.1, 0.15) is 17.2 Å².